The smallest absolute Gasteiger partial charge is 0.311 e. The van der Waals surface area contributed by atoms with E-state index in [1.54, 1.807) is 6.92 Å². The second-order valence-corrected chi connectivity index (χ2v) is 5.31. The van der Waals surface area contributed by atoms with Gasteiger partial charge in [0.15, 0.2) is 0 Å². The van der Waals surface area contributed by atoms with Crippen LogP contribution in [0.4, 0.5) is 0 Å². The molecule has 2 aliphatic heterocycles. The van der Waals surface area contributed by atoms with E-state index in [4.69, 9.17) is 5.11 Å². The Morgan fingerprint density at radius 3 is 2.58 bits per heavy atom. The average molecular weight is 267 g/mol. The van der Waals surface area contributed by atoms with Crippen LogP contribution in [0.5, 0.6) is 0 Å². The van der Waals surface area contributed by atoms with Gasteiger partial charge in [-0.15, -0.1) is 0 Å². The van der Waals surface area contributed by atoms with Crippen LogP contribution in [0.3, 0.4) is 0 Å². The van der Waals surface area contributed by atoms with E-state index in [-0.39, 0.29) is 24.8 Å². The standard InChI is InChI=1S/C12H17N3O4/c1-12(11(18)19)5-6-15(7-12)10(17)8-3-4-9(16)14(2)13-8/h3-7H2,1-2H3,(H,18,19). The zero-order valence-corrected chi connectivity index (χ0v) is 11.0. The van der Waals surface area contributed by atoms with Gasteiger partial charge in [-0.25, -0.2) is 5.01 Å². The number of hydrogen-bond acceptors (Lipinski definition) is 4. The first-order chi connectivity index (χ1) is 8.83. The molecule has 0 aliphatic carbocycles. The second kappa shape index (κ2) is 4.64. The number of amides is 2. The number of carbonyl (C=O) groups is 3. The Hall–Kier alpha value is -1.92. The first-order valence-corrected chi connectivity index (χ1v) is 6.20. The van der Waals surface area contributed by atoms with Crippen LogP contribution in [0, 0.1) is 5.41 Å². The molecule has 1 saturated heterocycles. The summed E-state index contributed by atoms with van der Waals surface area (Å²) in [5, 5.41) is 14.3. The second-order valence-electron chi connectivity index (χ2n) is 5.31. The van der Waals surface area contributed by atoms with Crippen LogP contribution in [-0.4, -0.2) is 58.6 Å². The molecule has 2 amide bonds. The largest absolute Gasteiger partial charge is 0.481 e. The third kappa shape index (κ3) is 2.45. The Labute approximate surface area is 110 Å². The van der Waals surface area contributed by atoms with Crippen LogP contribution in [0.25, 0.3) is 0 Å². The lowest BCUT2D eigenvalue weighted by atomic mass is 9.90. The summed E-state index contributed by atoms with van der Waals surface area (Å²) in [7, 11) is 1.51. The lowest BCUT2D eigenvalue weighted by Gasteiger charge is -2.24. The lowest BCUT2D eigenvalue weighted by Crippen LogP contribution is -2.41. The topological polar surface area (TPSA) is 90.3 Å². The van der Waals surface area contributed by atoms with Crippen molar-refractivity contribution in [3.8, 4) is 0 Å². The molecule has 2 aliphatic rings. The molecule has 2 rings (SSSR count). The van der Waals surface area contributed by atoms with Gasteiger partial charge < -0.3 is 10.0 Å². The molecule has 2 heterocycles. The minimum Gasteiger partial charge on any atom is -0.481 e. The van der Waals surface area contributed by atoms with E-state index in [9.17, 15) is 14.4 Å². The number of hydrogen-bond donors (Lipinski definition) is 1. The van der Waals surface area contributed by atoms with Crippen LogP contribution in [0.15, 0.2) is 5.10 Å². The molecule has 0 aromatic rings. The van der Waals surface area contributed by atoms with Crippen molar-refractivity contribution in [2.75, 3.05) is 20.1 Å². The van der Waals surface area contributed by atoms with Gasteiger partial charge in [0, 0.05) is 33.0 Å². The van der Waals surface area contributed by atoms with Gasteiger partial charge in [-0.2, -0.15) is 5.10 Å². The number of carboxylic acid groups (broad SMARTS) is 1. The maximum Gasteiger partial charge on any atom is 0.311 e. The van der Waals surface area contributed by atoms with E-state index >= 15 is 0 Å². The van der Waals surface area contributed by atoms with Crippen molar-refractivity contribution in [1.82, 2.24) is 9.91 Å². The van der Waals surface area contributed by atoms with E-state index in [1.165, 1.54) is 17.0 Å². The molecule has 1 fully saturated rings. The fourth-order valence-electron chi connectivity index (χ4n) is 2.32. The zero-order valence-electron chi connectivity index (χ0n) is 11.0. The molecule has 0 spiro atoms. The van der Waals surface area contributed by atoms with Crippen LogP contribution in [0.1, 0.15) is 26.2 Å². The van der Waals surface area contributed by atoms with Crippen molar-refractivity contribution in [1.29, 1.82) is 0 Å². The van der Waals surface area contributed by atoms with Crippen molar-refractivity contribution in [3.63, 3.8) is 0 Å². The molecule has 0 saturated carbocycles. The minimum absolute atomic E-state index is 0.117. The SMILES string of the molecule is CN1N=C(C(=O)N2CCC(C)(C(=O)O)C2)CCC1=O. The third-order valence-electron chi connectivity index (χ3n) is 3.73. The summed E-state index contributed by atoms with van der Waals surface area (Å²) in [5.74, 6) is -1.27. The van der Waals surface area contributed by atoms with E-state index in [1.807, 2.05) is 0 Å². The minimum atomic E-state index is -0.888. The summed E-state index contributed by atoms with van der Waals surface area (Å²) in [4.78, 5) is 36.2. The number of likely N-dealkylation sites (tertiary alicyclic amines) is 1. The summed E-state index contributed by atoms with van der Waals surface area (Å²) in [6.07, 6.45) is 1.03. The fourth-order valence-corrected chi connectivity index (χ4v) is 2.32. The number of carbonyl (C=O) groups excluding carboxylic acids is 2. The van der Waals surface area contributed by atoms with Crippen LogP contribution in [-0.2, 0) is 14.4 Å². The lowest BCUT2D eigenvalue weighted by molar-refractivity contribution is -0.147. The van der Waals surface area contributed by atoms with E-state index < -0.39 is 11.4 Å². The highest BCUT2D eigenvalue weighted by molar-refractivity contribution is 6.39. The van der Waals surface area contributed by atoms with Crippen molar-refractivity contribution in [2.45, 2.75) is 26.2 Å². The van der Waals surface area contributed by atoms with E-state index in [2.05, 4.69) is 5.10 Å². The third-order valence-corrected chi connectivity index (χ3v) is 3.73. The maximum absolute atomic E-state index is 12.2. The average Bonchev–Trinajstić information content (AvgIpc) is 2.76. The molecule has 104 valence electrons. The highest BCUT2D eigenvalue weighted by Crippen LogP contribution is 2.30. The summed E-state index contributed by atoms with van der Waals surface area (Å²) in [5.41, 5.74) is -0.552. The molecule has 7 nitrogen and oxygen atoms in total. The zero-order chi connectivity index (χ0) is 14.2. The predicted octanol–water partition coefficient (Wildman–Crippen LogP) is -0.0822. The van der Waals surface area contributed by atoms with Gasteiger partial charge in [-0.3, -0.25) is 14.4 Å². The molecule has 0 radical (unpaired) electrons. The Morgan fingerprint density at radius 1 is 1.37 bits per heavy atom. The molecule has 0 bridgehead atoms. The number of carboxylic acids is 1. The monoisotopic (exact) mass is 267 g/mol. The van der Waals surface area contributed by atoms with Gasteiger partial charge in [0.1, 0.15) is 5.71 Å². The van der Waals surface area contributed by atoms with E-state index in [0.29, 0.717) is 25.1 Å². The fraction of sp³-hybridized carbons (Fsp3) is 0.667. The molecular formula is C12H17N3O4. The van der Waals surface area contributed by atoms with Gasteiger partial charge in [0.2, 0.25) is 5.91 Å². The van der Waals surface area contributed by atoms with Gasteiger partial charge in [-0.05, 0) is 13.3 Å². The van der Waals surface area contributed by atoms with E-state index in [0.717, 1.165) is 0 Å². The molecule has 7 heteroatoms. The van der Waals surface area contributed by atoms with Gasteiger partial charge in [-0.1, -0.05) is 0 Å². The number of hydrazone groups is 1. The van der Waals surface area contributed by atoms with Crippen molar-refractivity contribution >= 4 is 23.5 Å². The summed E-state index contributed by atoms with van der Waals surface area (Å²) < 4.78 is 0. The molecule has 0 aromatic carbocycles. The van der Waals surface area contributed by atoms with Crippen LogP contribution < -0.4 is 0 Å². The van der Waals surface area contributed by atoms with Crippen molar-refractivity contribution in [2.24, 2.45) is 10.5 Å². The Morgan fingerprint density at radius 2 is 2.05 bits per heavy atom. The summed E-state index contributed by atoms with van der Waals surface area (Å²) in [6, 6.07) is 0. The highest BCUT2D eigenvalue weighted by Gasteiger charge is 2.43. The quantitative estimate of drug-likeness (QED) is 0.757. The molecule has 1 unspecified atom stereocenters. The number of aliphatic carboxylic acids is 1. The van der Waals surface area contributed by atoms with Gasteiger partial charge >= 0.3 is 5.97 Å². The normalized spacial score (nSPS) is 27.5. The van der Waals surface area contributed by atoms with Crippen molar-refractivity contribution < 1.29 is 19.5 Å². The maximum atomic E-state index is 12.2. The molecule has 1 N–H and O–H groups in total. The Kier molecular flexibility index (Phi) is 3.30. The highest BCUT2D eigenvalue weighted by atomic mass is 16.4. The molecule has 19 heavy (non-hydrogen) atoms. The molecule has 1 atom stereocenters. The number of nitrogens with zero attached hydrogens (tertiary/aromatic N) is 3. The predicted molar refractivity (Wildman–Crippen MR) is 66.4 cm³/mol. The van der Waals surface area contributed by atoms with Gasteiger partial charge in [0.05, 0.1) is 5.41 Å². The summed E-state index contributed by atoms with van der Waals surface area (Å²) in [6.45, 7) is 2.25. The van der Waals surface area contributed by atoms with Gasteiger partial charge in [0.25, 0.3) is 5.91 Å². The van der Waals surface area contributed by atoms with Crippen LogP contribution >= 0.6 is 0 Å². The molecular weight excluding hydrogens is 250 g/mol. The Bertz CT molecular complexity index is 474. The Balaban J connectivity index is 2.08. The number of rotatable bonds is 2. The first kappa shape index (κ1) is 13.5. The van der Waals surface area contributed by atoms with Crippen molar-refractivity contribution in [3.05, 3.63) is 0 Å². The first-order valence-electron chi connectivity index (χ1n) is 6.20. The summed E-state index contributed by atoms with van der Waals surface area (Å²) >= 11 is 0. The van der Waals surface area contributed by atoms with Crippen LogP contribution in [0.2, 0.25) is 0 Å². The molecule has 0 aromatic heterocycles.